The number of hydrogen-bond donors (Lipinski definition) is 0. The van der Waals surface area contributed by atoms with Gasteiger partial charge >= 0.3 is 0 Å². The summed E-state index contributed by atoms with van der Waals surface area (Å²) in [7, 11) is 0. The third kappa shape index (κ3) is 4.06. The van der Waals surface area contributed by atoms with Crippen LogP contribution in [0, 0.1) is 17.8 Å². The van der Waals surface area contributed by atoms with E-state index in [2.05, 4.69) is 0 Å². The predicted molar refractivity (Wildman–Crippen MR) is 106 cm³/mol. The summed E-state index contributed by atoms with van der Waals surface area (Å²) in [6.07, 6.45) is 10.0. The summed E-state index contributed by atoms with van der Waals surface area (Å²) in [5, 5.41) is 0. The van der Waals surface area contributed by atoms with Crippen molar-refractivity contribution in [3.05, 3.63) is 0 Å². The second kappa shape index (κ2) is 8.83. The third-order valence-electron chi connectivity index (χ3n) is 7.39. The summed E-state index contributed by atoms with van der Waals surface area (Å²) < 4.78 is 0. The maximum atomic E-state index is 13.4. The zero-order valence-corrected chi connectivity index (χ0v) is 17.1. The molecule has 6 heteroatoms. The van der Waals surface area contributed by atoms with Gasteiger partial charge in [0.25, 0.3) is 0 Å². The first-order valence-corrected chi connectivity index (χ1v) is 11.5. The number of rotatable bonds is 3. The SMILES string of the molecule is O=C(C1CCC1)N1CCCN(C(=O)[C@H]2CCCC[C@H]2C(=O)N2CCCC2)CC1. The Morgan fingerprint density at radius 1 is 0.464 bits per heavy atom. The molecule has 2 atom stereocenters. The minimum absolute atomic E-state index is 0.129. The fourth-order valence-corrected chi connectivity index (χ4v) is 5.40. The molecule has 4 fully saturated rings. The van der Waals surface area contributed by atoms with Gasteiger partial charge in [0, 0.05) is 57.0 Å². The Bertz CT molecular complexity index is 598. The molecule has 2 aliphatic carbocycles. The van der Waals surface area contributed by atoms with Crippen molar-refractivity contribution in [2.45, 2.75) is 64.2 Å². The highest BCUT2D eigenvalue weighted by atomic mass is 16.2. The maximum Gasteiger partial charge on any atom is 0.226 e. The van der Waals surface area contributed by atoms with E-state index in [0.717, 1.165) is 77.4 Å². The van der Waals surface area contributed by atoms with Crippen LogP contribution in [0.4, 0.5) is 0 Å². The Morgan fingerprint density at radius 2 is 0.929 bits per heavy atom. The van der Waals surface area contributed by atoms with Gasteiger partial charge < -0.3 is 14.7 Å². The molecule has 4 rings (SSSR count). The third-order valence-corrected chi connectivity index (χ3v) is 7.39. The fraction of sp³-hybridized carbons (Fsp3) is 0.864. The molecule has 0 aromatic carbocycles. The molecule has 2 heterocycles. The van der Waals surface area contributed by atoms with Crippen molar-refractivity contribution in [1.82, 2.24) is 14.7 Å². The maximum absolute atomic E-state index is 13.4. The monoisotopic (exact) mass is 389 g/mol. The smallest absolute Gasteiger partial charge is 0.226 e. The van der Waals surface area contributed by atoms with Crippen LogP contribution in [0.5, 0.6) is 0 Å². The van der Waals surface area contributed by atoms with Gasteiger partial charge in [-0.2, -0.15) is 0 Å². The second-order valence-corrected chi connectivity index (χ2v) is 9.16. The Hall–Kier alpha value is -1.59. The summed E-state index contributed by atoms with van der Waals surface area (Å²) in [4.78, 5) is 44.9. The standard InChI is InChI=1S/C22H35N3O3/c26-20(17-7-5-8-17)24-13-6-14-25(16-15-24)22(28)19-10-2-1-9-18(19)21(27)23-11-3-4-12-23/h17-19H,1-16H2/t18-,19+/m1/s1. The van der Waals surface area contributed by atoms with E-state index in [9.17, 15) is 14.4 Å². The van der Waals surface area contributed by atoms with Crippen LogP contribution < -0.4 is 0 Å². The zero-order valence-electron chi connectivity index (χ0n) is 17.1. The van der Waals surface area contributed by atoms with E-state index in [1.54, 1.807) is 0 Å². The van der Waals surface area contributed by atoms with E-state index in [4.69, 9.17) is 0 Å². The lowest BCUT2D eigenvalue weighted by Gasteiger charge is -2.35. The predicted octanol–water partition coefficient (Wildman–Crippen LogP) is 2.28. The molecule has 0 aromatic rings. The van der Waals surface area contributed by atoms with Crippen LogP contribution >= 0.6 is 0 Å². The van der Waals surface area contributed by atoms with Crippen LogP contribution in [-0.2, 0) is 14.4 Å². The molecule has 2 saturated heterocycles. The molecule has 28 heavy (non-hydrogen) atoms. The molecule has 0 aromatic heterocycles. The van der Waals surface area contributed by atoms with Crippen LogP contribution in [0.1, 0.15) is 64.2 Å². The van der Waals surface area contributed by atoms with E-state index in [1.165, 1.54) is 6.42 Å². The minimum atomic E-state index is -0.157. The van der Waals surface area contributed by atoms with Crippen LogP contribution in [0.2, 0.25) is 0 Å². The van der Waals surface area contributed by atoms with E-state index >= 15 is 0 Å². The molecule has 2 saturated carbocycles. The zero-order chi connectivity index (χ0) is 19.5. The van der Waals surface area contributed by atoms with Gasteiger partial charge in [-0.25, -0.2) is 0 Å². The molecule has 3 amide bonds. The van der Waals surface area contributed by atoms with E-state index in [-0.39, 0.29) is 29.6 Å². The van der Waals surface area contributed by atoms with Crippen molar-refractivity contribution in [2.24, 2.45) is 17.8 Å². The molecular formula is C22H35N3O3. The van der Waals surface area contributed by atoms with Gasteiger partial charge in [0.1, 0.15) is 0 Å². The van der Waals surface area contributed by atoms with Crippen LogP contribution in [-0.4, -0.2) is 71.7 Å². The van der Waals surface area contributed by atoms with Gasteiger partial charge in [0.15, 0.2) is 0 Å². The highest BCUT2D eigenvalue weighted by Crippen LogP contribution is 2.34. The molecule has 0 spiro atoms. The average molecular weight is 390 g/mol. The Labute approximate surface area is 168 Å². The molecule has 156 valence electrons. The minimum Gasteiger partial charge on any atom is -0.342 e. The van der Waals surface area contributed by atoms with Crippen molar-refractivity contribution >= 4 is 17.7 Å². The highest BCUT2D eigenvalue weighted by molar-refractivity contribution is 5.88. The lowest BCUT2D eigenvalue weighted by Crippen LogP contribution is -2.47. The lowest BCUT2D eigenvalue weighted by atomic mass is 9.77. The number of nitrogens with zero attached hydrogens (tertiary/aromatic N) is 3. The molecule has 4 aliphatic rings. The first-order chi connectivity index (χ1) is 13.6. The van der Waals surface area contributed by atoms with Crippen molar-refractivity contribution in [2.75, 3.05) is 39.3 Å². The van der Waals surface area contributed by atoms with Gasteiger partial charge in [0.05, 0.1) is 0 Å². The van der Waals surface area contributed by atoms with Gasteiger partial charge in [-0.05, 0) is 44.9 Å². The van der Waals surface area contributed by atoms with Crippen LogP contribution in [0.15, 0.2) is 0 Å². The quantitative estimate of drug-likeness (QED) is 0.744. The Morgan fingerprint density at radius 3 is 1.43 bits per heavy atom. The average Bonchev–Trinajstić information content (AvgIpc) is 3.10. The van der Waals surface area contributed by atoms with Crippen LogP contribution in [0.25, 0.3) is 0 Å². The summed E-state index contributed by atoms with van der Waals surface area (Å²) in [5.41, 5.74) is 0. The summed E-state index contributed by atoms with van der Waals surface area (Å²) in [5.74, 6) is 0.608. The summed E-state index contributed by atoms with van der Waals surface area (Å²) in [6, 6.07) is 0. The number of carbonyl (C=O) groups excluding carboxylic acids is 3. The van der Waals surface area contributed by atoms with Crippen molar-refractivity contribution < 1.29 is 14.4 Å². The van der Waals surface area contributed by atoms with Gasteiger partial charge in [0.2, 0.25) is 17.7 Å². The Kier molecular flexibility index (Phi) is 6.22. The second-order valence-electron chi connectivity index (χ2n) is 9.16. The van der Waals surface area contributed by atoms with Crippen molar-refractivity contribution in [3.63, 3.8) is 0 Å². The van der Waals surface area contributed by atoms with Gasteiger partial charge in [-0.3, -0.25) is 14.4 Å². The first kappa shape index (κ1) is 19.7. The summed E-state index contributed by atoms with van der Waals surface area (Å²) >= 11 is 0. The van der Waals surface area contributed by atoms with E-state index in [1.807, 2.05) is 14.7 Å². The van der Waals surface area contributed by atoms with Gasteiger partial charge in [-0.1, -0.05) is 19.3 Å². The number of hydrogen-bond acceptors (Lipinski definition) is 3. The normalized spacial score (nSPS) is 29.4. The molecule has 6 nitrogen and oxygen atoms in total. The number of amides is 3. The van der Waals surface area contributed by atoms with E-state index < -0.39 is 0 Å². The molecular weight excluding hydrogens is 354 g/mol. The molecule has 0 bridgehead atoms. The van der Waals surface area contributed by atoms with Gasteiger partial charge in [-0.15, -0.1) is 0 Å². The van der Waals surface area contributed by atoms with Crippen LogP contribution in [0.3, 0.4) is 0 Å². The van der Waals surface area contributed by atoms with E-state index in [0.29, 0.717) is 25.5 Å². The van der Waals surface area contributed by atoms with Crippen molar-refractivity contribution in [3.8, 4) is 0 Å². The first-order valence-electron chi connectivity index (χ1n) is 11.5. The number of likely N-dealkylation sites (tertiary alicyclic amines) is 1. The number of carbonyl (C=O) groups is 3. The molecule has 0 N–H and O–H groups in total. The molecule has 0 unspecified atom stereocenters. The Balaban J connectivity index is 1.37. The topological polar surface area (TPSA) is 60.9 Å². The highest BCUT2D eigenvalue weighted by Gasteiger charge is 2.40. The van der Waals surface area contributed by atoms with Crippen molar-refractivity contribution in [1.29, 1.82) is 0 Å². The largest absolute Gasteiger partial charge is 0.342 e. The molecule has 0 radical (unpaired) electrons. The molecule has 2 aliphatic heterocycles. The fourth-order valence-electron chi connectivity index (χ4n) is 5.40. The summed E-state index contributed by atoms with van der Waals surface area (Å²) in [6.45, 7) is 4.47. The lowest BCUT2D eigenvalue weighted by molar-refractivity contribution is -0.147.